The van der Waals surface area contributed by atoms with Gasteiger partial charge in [0.25, 0.3) is 0 Å². The summed E-state index contributed by atoms with van der Waals surface area (Å²) in [6, 6.07) is 3.32. The molecule has 0 atom stereocenters. The smallest absolute Gasteiger partial charge is 0.245 e. The molecule has 19 heavy (non-hydrogen) atoms. The van der Waals surface area contributed by atoms with Crippen LogP contribution in [0.3, 0.4) is 0 Å². The molecule has 0 fully saturated rings. The zero-order valence-corrected chi connectivity index (χ0v) is 11.9. The van der Waals surface area contributed by atoms with Gasteiger partial charge in [0, 0.05) is 19.7 Å². The van der Waals surface area contributed by atoms with Crippen molar-refractivity contribution in [1.82, 2.24) is 4.31 Å². The second-order valence-corrected chi connectivity index (χ2v) is 5.78. The number of anilines is 1. The van der Waals surface area contributed by atoms with E-state index >= 15 is 0 Å². The highest BCUT2D eigenvalue weighted by molar-refractivity contribution is 7.89. The van der Waals surface area contributed by atoms with Crippen LogP contribution >= 0.6 is 0 Å². The number of halogens is 1. The van der Waals surface area contributed by atoms with Crippen LogP contribution in [-0.2, 0) is 14.8 Å². The van der Waals surface area contributed by atoms with Gasteiger partial charge in [0.2, 0.25) is 10.0 Å². The summed E-state index contributed by atoms with van der Waals surface area (Å²) in [6.45, 7) is 4.82. The van der Waals surface area contributed by atoms with Gasteiger partial charge in [-0.25, -0.2) is 12.8 Å². The molecule has 0 heterocycles. The highest BCUT2D eigenvalue weighted by atomic mass is 32.2. The third-order valence-electron chi connectivity index (χ3n) is 2.64. The van der Waals surface area contributed by atoms with Crippen LogP contribution in [0.2, 0.25) is 0 Å². The van der Waals surface area contributed by atoms with Gasteiger partial charge in [-0.3, -0.25) is 0 Å². The van der Waals surface area contributed by atoms with E-state index in [1.807, 2.05) is 6.92 Å². The molecule has 0 aromatic heterocycles. The van der Waals surface area contributed by atoms with Crippen LogP contribution in [0.1, 0.15) is 13.8 Å². The van der Waals surface area contributed by atoms with Crippen molar-refractivity contribution in [2.24, 2.45) is 0 Å². The van der Waals surface area contributed by atoms with Gasteiger partial charge < -0.3 is 10.5 Å². The summed E-state index contributed by atoms with van der Waals surface area (Å²) in [7, 11) is -3.80. The zero-order valence-electron chi connectivity index (χ0n) is 11.1. The van der Waals surface area contributed by atoms with Crippen molar-refractivity contribution < 1.29 is 17.5 Å². The number of hydrogen-bond donors (Lipinski definition) is 1. The maximum absolute atomic E-state index is 13.2. The molecule has 0 aliphatic carbocycles. The SMILES string of the molecule is CCOCCN(CC)S(=O)(=O)c1cc(F)ccc1N. The highest BCUT2D eigenvalue weighted by Gasteiger charge is 2.25. The summed E-state index contributed by atoms with van der Waals surface area (Å²) in [5, 5.41) is 0. The third-order valence-corrected chi connectivity index (χ3v) is 4.67. The summed E-state index contributed by atoms with van der Waals surface area (Å²) >= 11 is 0. The van der Waals surface area contributed by atoms with Crippen molar-refractivity contribution in [2.75, 3.05) is 32.0 Å². The van der Waals surface area contributed by atoms with Crippen molar-refractivity contribution in [3.8, 4) is 0 Å². The molecule has 7 heteroatoms. The number of rotatable bonds is 7. The van der Waals surface area contributed by atoms with Crippen molar-refractivity contribution in [3.05, 3.63) is 24.0 Å². The molecule has 0 aliphatic heterocycles. The Morgan fingerprint density at radius 3 is 2.63 bits per heavy atom. The summed E-state index contributed by atoms with van der Waals surface area (Å²) < 4.78 is 44.3. The Hall–Kier alpha value is -1.18. The van der Waals surface area contributed by atoms with Crippen LogP contribution in [0.15, 0.2) is 23.1 Å². The minimum absolute atomic E-state index is 0.0382. The van der Waals surface area contributed by atoms with Crippen LogP contribution in [-0.4, -0.2) is 39.0 Å². The lowest BCUT2D eigenvalue weighted by molar-refractivity contribution is 0.135. The molecule has 0 saturated carbocycles. The van der Waals surface area contributed by atoms with Crippen LogP contribution in [0.5, 0.6) is 0 Å². The lowest BCUT2D eigenvalue weighted by Crippen LogP contribution is -2.34. The maximum Gasteiger partial charge on any atom is 0.245 e. The molecule has 5 nitrogen and oxygen atoms in total. The molecule has 1 rings (SSSR count). The van der Waals surface area contributed by atoms with Gasteiger partial charge in [-0.2, -0.15) is 4.31 Å². The topological polar surface area (TPSA) is 72.6 Å². The molecular weight excluding hydrogens is 271 g/mol. The predicted octanol–water partition coefficient (Wildman–Crippen LogP) is 1.45. The number of ether oxygens (including phenoxy) is 1. The fourth-order valence-electron chi connectivity index (χ4n) is 1.63. The quantitative estimate of drug-likeness (QED) is 0.609. The van der Waals surface area contributed by atoms with Crippen molar-refractivity contribution >= 4 is 15.7 Å². The molecule has 0 saturated heterocycles. The second kappa shape index (κ2) is 6.83. The molecule has 0 aliphatic rings. The van der Waals surface area contributed by atoms with Gasteiger partial charge in [-0.05, 0) is 25.1 Å². The number of nitrogens with two attached hydrogens (primary N) is 1. The van der Waals surface area contributed by atoms with Crippen LogP contribution in [0.4, 0.5) is 10.1 Å². The largest absolute Gasteiger partial charge is 0.398 e. The highest BCUT2D eigenvalue weighted by Crippen LogP contribution is 2.23. The number of nitrogens with zero attached hydrogens (tertiary/aromatic N) is 1. The molecule has 108 valence electrons. The standard InChI is InChI=1S/C12H19FN2O3S/c1-3-15(7-8-18-4-2)19(16,17)12-9-10(13)5-6-11(12)14/h5-6,9H,3-4,7-8,14H2,1-2H3. The molecule has 0 bridgehead atoms. The molecule has 0 unspecified atom stereocenters. The van der Waals surface area contributed by atoms with Gasteiger partial charge in [0.15, 0.2) is 0 Å². The normalized spacial score (nSPS) is 12.0. The second-order valence-electron chi connectivity index (χ2n) is 3.88. The number of hydrogen-bond acceptors (Lipinski definition) is 4. The van der Waals surface area contributed by atoms with Crippen LogP contribution < -0.4 is 5.73 Å². The summed E-state index contributed by atoms with van der Waals surface area (Å²) in [4.78, 5) is -0.203. The van der Waals surface area contributed by atoms with E-state index in [1.165, 1.54) is 10.4 Å². The molecule has 0 amide bonds. The molecular formula is C12H19FN2O3S. The Balaban J connectivity index is 3.03. The number of benzene rings is 1. The fraction of sp³-hybridized carbons (Fsp3) is 0.500. The number of likely N-dealkylation sites (N-methyl/N-ethyl adjacent to an activating group) is 1. The van der Waals surface area contributed by atoms with Crippen molar-refractivity contribution in [1.29, 1.82) is 0 Å². The lowest BCUT2D eigenvalue weighted by Gasteiger charge is -2.21. The van der Waals surface area contributed by atoms with E-state index < -0.39 is 15.8 Å². The van der Waals surface area contributed by atoms with E-state index in [4.69, 9.17) is 10.5 Å². The first-order valence-electron chi connectivity index (χ1n) is 6.06. The molecule has 1 aromatic carbocycles. The minimum Gasteiger partial charge on any atom is -0.398 e. The Morgan fingerprint density at radius 1 is 1.37 bits per heavy atom. The first-order chi connectivity index (χ1) is 8.93. The van der Waals surface area contributed by atoms with E-state index in [0.717, 1.165) is 12.1 Å². The Bertz CT molecular complexity index is 520. The summed E-state index contributed by atoms with van der Waals surface area (Å²) in [5.74, 6) is -0.631. The van der Waals surface area contributed by atoms with E-state index in [2.05, 4.69) is 0 Å². The Kier molecular flexibility index (Phi) is 5.71. The maximum atomic E-state index is 13.2. The Labute approximate surface area is 113 Å². The molecule has 0 spiro atoms. The zero-order chi connectivity index (χ0) is 14.5. The van der Waals surface area contributed by atoms with Crippen LogP contribution in [0.25, 0.3) is 0 Å². The lowest BCUT2D eigenvalue weighted by atomic mass is 10.3. The van der Waals surface area contributed by atoms with Crippen molar-refractivity contribution in [3.63, 3.8) is 0 Å². The fourth-order valence-corrected chi connectivity index (χ4v) is 3.19. The molecule has 2 N–H and O–H groups in total. The summed E-state index contributed by atoms with van der Waals surface area (Å²) in [6.07, 6.45) is 0. The van der Waals surface area contributed by atoms with Gasteiger partial charge in [0.05, 0.1) is 12.3 Å². The van der Waals surface area contributed by atoms with Crippen LogP contribution in [0, 0.1) is 5.82 Å². The van der Waals surface area contributed by atoms with Crippen molar-refractivity contribution in [2.45, 2.75) is 18.7 Å². The molecule has 1 aromatic rings. The van der Waals surface area contributed by atoms with E-state index in [0.29, 0.717) is 13.2 Å². The molecule has 0 radical (unpaired) electrons. The summed E-state index contributed by atoms with van der Waals surface area (Å²) in [5.41, 5.74) is 5.66. The van der Waals surface area contributed by atoms with E-state index in [9.17, 15) is 12.8 Å². The van der Waals surface area contributed by atoms with Gasteiger partial charge >= 0.3 is 0 Å². The first-order valence-corrected chi connectivity index (χ1v) is 7.50. The van der Waals surface area contributed by atoms with Gasteiger partial charge in [-0.15, -0.1) is 0 Å². The van der Waals surface area contributed by atoms with Gasteiger partial charge in [0.1, 0.15) is 10.7 Å². The van der Waals surface area contributed by atoms with E-state index in [-0.39, 0.29) is 23.7 Å². The third kappa shape index (κ3) is 3.89. The average Bonchev–Trinajstić information content (AvgIpc) is 2.37. The van der Waals surface area contributed by atoms with Gasteiger partial charge in [-0.1, -0.05) is 6.92 Å². The van der Waals surface area contributed by atoms with E-state index in [1.54, 1.807) is 6.92 Å². The monoisotopic (exact) mass is 290 g/mol. The number of nitrogen functional groups attached to an aromatic ring is 1. The minimum atomic E-state index is -3.80. The first kappa shape index (κ1) is 15.9. The number of sulfonamides is 1. The average molecular weight is 290 g/mol. The Morgan fingerprint density at radius 2 is 2.05 bits per heavy atom. The predicted molar refractivity (Wildman–Crippen MR) is 71.7 cm³/mol.